The minimum Gasteiger partial charge on any atom is -0.387 e. The standard InChI is InChI=1S/C11H18N2O/c1-7-10(8(2)14)13-9(6-12-7)11(3,4)5/h6,8,14H,1-5H3. The van der Waals surface area contributed by atoms with E-state index in [1.807, 2.05) is 6.92 Å². The molecule has 0 fully saturated rings. The lowest BCUT2D eigenvalue weighted by Crippen LogP contribution is -2.16. The first-order valence-corrected chi connectivity index (χ1v) is 4.84. The molecule has 3 heteroatoms. The van der Waals surface area contributed by atoms with Gasteiger partial charge in [0.25, 0.3) is 0 Å². The van der Waals surface area contributed by atoms with Crippen molar-refractivity contribution in [1.82, 2.24) is 9.97 Å². The highest BCUT2D eigenvalue weighted by Crippen LogP contribution is 2.22. The molecule has 1 atom stereocenters. The van der Waals surface area contributed by atoms with Crippen molar-refractivity contribution in [3.63, 3.8) is 0 Å². The molecular formula is C11H18N2O. The van der Waals surface area contributed by atoms with Crippen LogP contribution in [-0.2, 0) is 5.41 Å². The predicted octanol–water partition coefficient (Wildman–Crippen LogP) is 2.14. The summed E-state index contributed by atoms with van der Waals surface area (Å²) >= 11 is 0. The van der Waals surface area contributed by atoms with Crippen molar-refractivity contribution in [1.29, 1.82) is 0 Å². The van der Waals surface area contributed by atoms with Crippen LogP contribution in [-0.4, -0.2) is 15.1 Å². The van der Waals surface area contributed by atoms with E-state index in [1.54, 1.807) is 13.1 Å². The van der Waals surface area contributed by atoms with Crippen LogP contribution in [0.5, 0.6) is 0 Å². The highest BCUT2D eigenvalue weighted by molar-refractivity contribution is 5.18. The van der Waals surface area contributed by atoms with Gasteiger partial charge < -0.3 is 5.11 Å². The number of aryl methyl sites for hydroxylation is 1. The topological polar surface area (TPSA) is 46.0 Å². The minimum atomic E-state index is -0.551. The third kappa shape index (κ3) is 2.29. The molecule has 0 radical (unpaired) electrons. The van der Waals surface area contributed by atoms with E-state index in [0.717, 1.165) is 11.4 Å². The number of aliphatic hydroxyl groups excluding tert-OH is 1. The first-order valence-electron chi connectivity index (χ1n) is 4.84. The first-order chi connectivity index (χ1) is 6.32. The second-order valence-electron chi connectivity index (χ2n) is 4.65. The van der Waals surface area contributed by atoms with E-state index >= 15 is 0 Å². The lowest BCUT2D eigenvalue weighted by atomic mass is 9.92. The van der Waals surface area contributed by atoms with Gasteiger partial charge in [0.05, 0.1) is 23.2 Å². The Bertz CT molecular complexity index is 327. The zero-order valence-electron chi connectivity index (χ0n) is 9.50. The van der Waals surface area contributed by atoms with Crippen LogP contribution in [0.1, 0.15) is 50.9 Å². The summed E-state index contributed by atoms with van der Waals surface area (Å²) in [5.41, 5.74) is 2.37. The van der Waals surface area contributed by atoms with E-state index in [9.17, 15) is 5.11 Å². The first kappa shape index (κ1) is 11.1. The molecule has 0 aliphatic heterocycles. The van der Waals surface area contributed by atoms with Gasteiger partial charge in [-0.2, -0.15) is 0 Å². The molecule has 0 aliphatic rings. The Morgan fingerprint density at radius 2 is 1.93 bits per heavy atom. The lowest BCUT2D eigenvalue weighted by molar-refractivity contribution is 0.192. The molecule has 1 unspecified atom stereocenters. The second kappa shape index (κ2) is 3.65. The Kier molecular flexibility index (Phi) is 2.90. The summed E-state index contributed by atoms with van der Waals surface area (Å²) in [7, 11) is 0. The van der Waals surface area contributed by atoms with Crippen LogP contribution < -0.4 is 0 Å². The minimum absolute atomic E-state index is 0.0235. The van der Waals surface area contributed by atoms with Gasteiger partial charge in [-0.3, -0.25) is 9.97 Å². The zero-order chi connectivity index (χ0) is 10.9. The zero-order valence-corrected chi connectivity index (χ0v) is 9.50. The molecule has 78 valence electrons. The molecule has 1 rings (SSSR count). The summed E-state index contributed by atoms with van der Waals surface area (Å²) in [6, 6.07) is 0. The molecular weight excluding hydrogens is 176 g/mol. The van der Waals surface area contributed by atoms with Crippen molar-refractivity contribution < 1.29 is 5.11 Å². The quantitative estimate of drug-likeness (QED) is 0.745. The molecule has 0 amide bonds. The normalized spacial score (nSPS) is 14.1. The van der Waals surface area contributed by atoms with Crippen LogP contribution in [0.15, 0.2) is 6.20 Å². The Balaban J connectivity index is 3.20. The van der Waals surface area contributed by atoms with Crippen LogP contribution in [0.4, 0.5) is 0 Å². The number of aliphatic hydroxyl groups is 1. The van der Waals surface area contributed by atoms with Crippen LogP contribution >= 0.6 is 0 Å². The van der Waals surface area contributed by atoms with E-state index in [1.165, 1.54) is 0 Å². The van der Waals surface area contributed by atoms with Gasteiger partial charge in [-0.1, -0.05) is 20.8 Å². The van der Waals surface area contributed by atoms with Crippen molar-refractivity contribution in [2.75, 3.05) is 0 Å². The van der Waals surface area contributed by atoms with Crippen LogP contribution in [0, 0.1) is 6.92 Å². The number of hydrogen-bond donors (Lipinski definition) is 1. The molecule has 1 aromatic rings. The van der Waals surface area contributed by atoms with Gasteiger partial charge in [-0.05, 0) is 13.8 Å². The lowest BCUT2D eigenvalue weighted by Gasteiger charge is -2.19. The molecule has 0 spiro atoms. The molecule has 14 heavy (non-hydrogen) atoms. The number of hydrogen-bond acceptors (Lipinski definition) is 3. The van der Waals surface area contributed by atoms with Gasteiger partial charge in [-0.15, -0.1) is 0 Å². The third-order valence-electron chi connectivity index (χ3n) is 2.16. The van der Waals surface area contributed by atoms with Crippen LogP contribution in [0.2, 0.25) is 0 Å². The van der Waals surface area contributed by atoms with Gasteiger partial charge >= 0.3 is 0 Å². The third-order valence-corrected chi connectivity index (χ3v) is 2.16. The maximum atomic E-state index is 9.49. The average Bonchev–Trinajstić information content (AvgIpc) is 2.02. The smallest absolute Gasteiger partial charge is 0.0950 e. The number of aromatic nitrogens is 2. The molecule has 0 bridgehead atoms. The van der Waals surface area contributed by atoms with Crippen molar-refractivity contribution >= 4 is 0 Å². The van der Waals surface area contributed by atoms with E-state index < -0.39 is 6.10 Å². The van der Waals surface area contributed by atoms with E-state index in [0.29, 0.717) is 5.69 Å². The fraction of sp³-hybridized carbons (Fsp3) is 0.636. The molecule has 1 heterocycles. The second-order valence-corrected chi connectivity index (χ2v) is 4.65. The molecule has 0 aliphatic carbocycles. The maximum absolute atomic E-state index is 9.49. The molecule has 3 nitrogen and oxygen atoms in total. The van der Waals surface area contributed by atoms with Crippen molar-refractivity contribution in [3.05, 3.63) is 23.3 Å². The summed E-state index contributed by atoms with van der Waals surface area (Å²) < 4.78 is 0. The number of nitrogens with zero attached hydrogens (tertiary/aromatic N) is 2. The Morgan fingerprint density at radius 3 is 2.36 bits per heavy atom. The van der Waals surface area contributed by atoms with Crippen LogP contribution in [0.25, 0.3) is 0 Å². The van der Waals surface area contributed by atoms with Crippen LogP contribution in [0.3, 0.4) is 0 Å². The van der Waals surface area contributed by atoms with Crippen molar-refractivity contribution in [2.24, 2.45) is 0 Å². The van der Waals surface area contributed by atoms with E-state index in [-0.39, 0.29) is 5.41 Å². The molecule has 1 N–H and O–H groups in total. The van der Waals surface area contributed by atoms with E-state index in [2.05, 4.69) is 30.7 Å². The SMILES string of the molecule is Cc1ncc(C(C)(C)C)nc1C(C)O. The van der Waals surface area contributed by atoms with Gasteiger partial charge in [0.1, 0.15) is 0 Å². The molecule has 1 aromatic heterocycles. The fourth-order valence-corrected chi connectivity index (χ4v) is 1.22. The summed E-state index contributed by atoms with van der Waals surface area (Å²) in [6.45, 7) is 9.82. The Hall–Kier alpha value is -0.960. The van der Waals surface area contributed by atoms with Gasteiger partial charge in [0.2, 0.25) is 0 Å². The fourth-order valence-electron chi connectivity index (χ4n) is 1.22. The van der Waals surface area contributed by atoms with E-state index in [4.69, 9.17) is 0 Å². The average molecular weight is 194 g/mol. The van der Waals surface area contributed by atoms with Crippen molar-refractivity contribution in [2.45, 2.75) is 46.1 Å². The Morgan fingerprint density at radius 1 is 1.36 bits per heavy atom. The molecule has 0 saturated heterocycles. The monoisotopic (exact) mass is 194 g/mol. The summed E-state index contributed by atoms with van der Waals surface area (Å²) in [4.78, 5) is 8.67. The molecule has 0 aromatic carbocycles. The predicted molar refractivity (Wildman–Crippen MR) is 56.1 cm³/mol. The summed E-state index contributed by atoms with van der Waals surface area (Å²) in [6.07, 6.45) is 1.23. The summed E-state index contributed by atoms with van der Waals surface area (Å²) in [5.74, 6) is 0. The van der Waals surface area contributed by atoms with Gasteiger partial charge in [0, 0.05) is 11.6 Å². The van der Waals surface area contributed by atoms with Gasteiger partial charge in [0.15, 0.2) is 0 Å². The van der Waals surface area contributed by atoms with Gasteiger partial charge in [-0.25, -0.2) is 0 Å². The number of rotatable bonds is 1. The Labute approximate surface area is 85.2 Å². The largest absolute Gasteiger partial charge is 0.387 e. The highest BCUT2D eigenvalue weighted by atomic mass is 16.3. The van der Waals surface area contributed by atoms with Crippen molar-refractivity contribution in [3.8, 4) is 0 Å². The molecule has 0 saturated carbocycles. The highest BCUT2D eigenvalue weighted by Gasteiger charge is 2.18. The maximum Gasteiger partial charge on any atom is 0.0950 e. The summed E-state index contributed by atoms with van der Waals surface area (Å²) in [5, 5.41) is 9.49.